The van der Waals surface area contributed by atoms with Crippen molar-refractivity contribution in [2.24, 2.45) is 0 Å². The normalized spacial score (nSPS) is 9.76. The van der Waals surface area contributed by atoms with Gasteiger partial charge in [0.2, 0.25) is 0 Å². The van der Waals surface area contributed by atoms with Crippen molar-refractivity contribution in [3.8, 4) is 11.8 Å². The number of nitrogens with zero attached hydrogens (tertiary/aromatic N) is 1. The minimum Gasteiger partial charge on any atom is -0.479 e. The van der Waals surface area contributed by atoms with Crippen molar-refractivity contribution in [1.82, 2.24) is 0 Å². The van der Waals surface area contributed by atoms with Crippen molar-refractivity contribution >= 4 is 23.2 Å². The lowest BCUT2D eigenvalue weighted by Gasteiger charge is -2.07. The Morgan fingerprint density at radius 3 is 2.62 bits per heavy atom. The number of nitriles is 1. The van der Waals surface area contributed by atoms with Gasteiger partial charge in [0.05, 0.1) is 5.56 Å². The van der Waals surface area contributed by atoms with Crippen molar-refractivity contribution in [3.05, 3.63) is 58.9 Å². The molecule has 0 radical (unpaired) electrons. The molecule has 2 rings (SSSR count). The molecule has 0 saturated heterocycles. The quantitative estimate of drug-likeness (QED) is 0.938. The van der Waals surface area contributed by atoms with Crippen molar-refractivity contribution in [2.75, 3.05) is 11.9 Å². The maximum absolute atomic E-state index is 13.6. The molecule has 0 aliphatic heterocycles. The number of carbonyl (C=O) groups excluding carboxylic acids is 1. The van der Waals surface area contributed by atoms with E-state index in [1.807, 2.05) is 6.07 Å². The van der Waals surface area contributed by atoms with Gasteiger partial charge in [-0.3, -0.25) is 4.79 Å². The molecule has 4 nitrogen and oxygen atoms in total. The smallest absolute Gasteiger partial charge is 0.258 e. The summed E-state index contributed by atoms with van der Waals surface area (Å²) in [6, 6.07) is 12.1. The largest absolute Gasteiger partial charge is 0.479 e. The first-order valence-electron chi connectivity index (χ1n) is 5.96. The molecule has 0 aliphatic rings. The Balaban J connectivity index is 2.07. The summed E-state index contributed by atoms with van der Waals surface area (Å²) in [6.45, 7) is -0.0539. The van der Waals surface area contributed by atoms with E-state index in [2.05, 4.69) is 5.32 Å². The van der Waals surface area contributed by atoms with Crippen LogP contribution in [0, 0.1) is 17.1 Å². The number of amides is 1. The number of nitrogens with one attached hydrogen (secondary N) is 1. The number of hydrogen-bond acceptors (Lipinski definition) is 3. The van der Waals surface area contributed by atoms with Crippen LogP contribution in [0.15, 0.2) is 42.5 Å². The molecule has 106 valence electrons. The average molecular weight is 305 g/mol. The van der Waals surface area contributed by atoms with Crippen LogP contribution in [-0.4, -0.2) is 12.5 Å². The monoisotopic (exact) mass is 304 g/mol. The maximum atomic E-state index is 13.6. The van der Waals surface area contributed by atoms with Gasteiger partial charge in [0, 0.05) is 10.7 Å². The van der Waals surface area contributed by atoms with E-state index in [0.717, 1.165) is 6.07 Å². The molecule has 0 saturated carbocycles. The maximum Gasteiger partial charge on any atom is 0.258 e. The summed E-state index contributed by atoms with van der Waals surface area (Å²) < 4.78 is 18.7. The summed E-state index contributed by atoms with van der Waals surface area (Å²) in [4.78, 5) is 11.9. The highest BCUT2D eigenvalue weighted by atomic mass is 35.5. The van der Waals surface area contributed by atoms with Crippen LogP contribution in [-0.2, 0) is 0 Å². The van der Waals surface area contributed by atoms with Gasteiger partial charge in [-0.15, -0.1) is 0 Å². The Morgan fingerprint density at radius 2 is 2.00 bits per heavy atom. The Labute approximate surface area is 125 Å². The zero-order chi connectivity index (χ0) is 15.2. The second-order valence-corrected chi connectivity index (χ2v) is 4.49. The molecule has 1 amide bonds. The predicted octanol–water partition coefficient (Wildman–Crippen LogP) is 3.63. The lowest BCUT2D eigenvalue weighted by atomic mass is 10.2. The zero-order valence-corrected chi connectivity index (χ0v) is 11.5. The summed E-state index contributed by atoms with van der Waals surface area (Å²) in [7, 11) is 0. The van der Waals surface area contributed by atoms with Gasteiger partial charge in [0.15, 0.2) is 6.61 Å². The van der Waals surface area contributed by atoms with E-state index in [-0.39, 0.29) is 17.2 Å². The van der Waals surface area contributed by atoms with Crippen molar-refractivity contribution in [2.45, 2.75) is 0 Å². The second kappa shape index (κ2) is 6.73. The van der Waals surface area contributed by atoms with Gasteiger partial charge < -0.3 is 10.1 Å². The van der Waals surface area contributed by atoms with Crippen molar-refractivity contribution in [1.29, 1.82) is 5.26 Å². The number of rotatable bonds is 4. The molecular weight excluding hydrogens is 295 g/mol. The van der Waals surface area contributed by atoms with Gasteiger partial charge >= 0.3 is 0 Å². The van der Waals surface area contributed by atoms with Crippen molar-refractivity contribution < 1.29 is 13.9 Å². The van der Waals surface area contributed by atoms with Crippen LogP contribution in [0.3, 0.4) is 0 Å². The van der Waals surface area contributed by atoms with Crippen LogP contribution >= 0.6 is 11.6 Å². The number of hydrogen-bond donors (Lipinski definition) is 1. The molecule has 0 spiro atoms. The molecule has 6 heteroatoms. The standard InChI is InChI=1S/C15H10ClFN2O2/c16-10-1-6-13(14(17)9-10)15(20)19-11-2-4-12(5-3-11)21-8-7-18/h1-6,9H,8H2,(H,19,20). The second-order valence-electron chi connectivity index (χ2n) is 4.05. The number of benzene rings is 2. The third-order valence-electron chi connectivity index (χ3n) is 2.59. The first-order valence-corrected chi connectivity index (χ1v) is 6.34. The first-order chi connectivity index (χ1) is 10.1. The van der Waals surface area contributed by atoms with Gasteiger partial charge in [-0.05, 0) is 42.5 Å². The van der Waals surface area contributed by atoms with Gasteiger partial charge in [0.1, 0.15) is 17.6 Å². The Kier molecular flexibility index (Phi) is 4.75. The molecule has 0 heterocycles. The average Bonchev–Trinajstić information content (AvgIpc) is 2.46. The van der Waals surface area contributed by atoms with E-state index in [9.17, 15) is 9.18 Å². The fourth-order valence-corrected chi connectivity index (χ4v) is 1.78. The molecule has 0 fully saturated rings. The van der Waals surface area contributed by atoms with Gasteiger partial charge in [-0.2, -0.15) is 5.26 Å². The van der Waals surface area contributed by atoms with Crippen LogP contribution < -0.4 is 10.1 Å². The Bertz CT molecular complexity index is 696. The molecule has 0 atom stereocenters. The lowest BCUT2D eigenvalue weighted by Crippen LogP contribution is -2.13. The molecule has 2 aromatic rings. The SMILES string of the molecule is N#CCOc1ccc(NC(=O)c2ccc(Cl)cc2F)cc1. The van der Waals surface area contributed by atoms with Crippen LogP contribution in [0.25, 0.3) is 0 Å². The Hall–Kier alpha value is -2.58. The lowest BCUT2D eigenvalue weighted by molar-refractivity contribution is 0.102. The molecule has 21 heavy (non-hydrogen) atoms. The molecule has 0 aliphatic carbocycles. The molecule has 0 aromatic heterocycles. The van der Waals surface area contributed by atoms with E-state index < -0.39 is 11.7 Å². The summed E-state index contributed by atoms with van der Waals surface area (Å²) in [5, 5.41) is 11.2. The molecule has 0 unspecified atom stereocenters. The van der Waals surface area contributed by atoms with Gasteiger partial charge in [-0.1, -0.05) is 11.6 Å². The van der Waals surface area contributed by atoms with Crippen LogP contribution in [0.1, 0.15) is 10.4 Å². The first kappa shape index (κ1) is 14.8. The van der Waals surface area contributed by atoms with Crippen LogP contribution in [0.5, 0.6) is 5.75 Å². The molecule has 2 aromatic carbocycles. The number of anilines is 1. The predicted molar refractivity (Wildman–Crippen MR) is 76.9 cm³/mol. The van der Waals surface area contributed by atoms with E-state index in [4.69, 9.17) is 21.6 Å². The topological polar surface area (TPSA) is 62.1 Å². The van der Waals surface area contributed by atoms with E-state index >= 15 is 0 Å². The number of carbonyl (C=O) groups is 1. The van der Waals surface area contributed by atoms with Gasteiger partial charge in [-0.25, -0.2) is 4.39 Å². The highest BCUT2D eigenvalue weighted by Crippen LogP contribution is 2.18. The van der Waals surface area contributed by atoms with E-state index in [1.165, 1.54) is 12.1 Å². The minimum absolute atomic E-state index is 0.0539. The summed E-state index contributed by atoms with van der Waals surface area (Å²) in [5.74, 6) is -0.754. The van der Waals surface area contributed by atoms with E-state index in [1.54, 1.807) is 24.3 Å². The van der Waals surface area contributed by atoms with Crippen LogP contribution in [0.4, 0.5) is 10.1 Å². The molecular formula is C15H10ClFN2O2. The fourth-order valence-electron chi connectivity index (χ4n) is 1.62. The third kappa shape index (κ3) is 3.94. The highest BCUT2D eigenvalue weighted by molar-refractivity contribution is 6.30. The third-order valence-corrected chi connectivity index (χ3v) is 2.83. The number of ether oxygens (including phenoxy) is 1. The zero-order valence-electron chi connectivity index (χ0n) is 10.8. The van der Waals surface area contributed by atoms with Crippen molar-refractivity contribution in [3.63, 3.8) is 0 Å². The fraction of sp³-hybridized carbons (Fsp3) is 0.0667. The number of halogens is 2. The molecule has 0 bridgehead atoms. The minimum atomic E-state index is -0.686. The Morgan fingerprint density at radius 1 is 1.29 bits per heavy atom. The van der Waals surface area contributed by atoms with Gasteiger partial charge in [0.25, 0.3) is 5.91 Å². The molecule has 1 N–H and O–H groups in total. The summed E-state index contributed by atoms with van der Waals surface area (Å²) >= 11 is 5.63. The van der Waals surface area contributed by atoms with E-state index in [0.29, 0.717) is 11.4 Å². The highest BCUT2D eigenvalue weighted by Gasteiger charge is 2.12. The van der Waals surface area contributed by atoms with Crippen LogP contribution in [0.2, 0.25) is 5.02 Å². The summed E-state index contributed by atoms with van der Waals surface area (Å²) in [6.07, 6.45) is 0. The summed E-state index contributed by atoms with van der Waals surface area (Å²) in [5.41, 5.74) is 0.392.